The highest BCUT2D eigenvalue weighted by molar-refractivity contribution is 6.27. The Kier molecular flexibility index (Phi) is 9.37. The maximum Gasteiger partial charge on any atom is 0.414 e. The molecule has 1 aromatic heterocycles. The highest BCUT2D eigenvalue weighted by Crippen LogP contribution is 2.24. The van der Waals surface area contributed by atoms with E-state index in [2.05, 4.69) is 46.1 Å². The molecule has 3 rings (SSSR count). The Morgan fingerprint density at radius 3 is 2.16 bits per heavy atom. The fourth-order valence-corrected chi connectivity index (χ4v) is 2.85. The second-order valence-corrected chi connectivity index (χ2v) is 6.75. The number of ether oxygens (including phenoxy) is 1. The second kappa shape index (κ2) is 12.2. The smallest absolute Gasteiger partial charge is 0.414 e. The Bertz CT molecular complexity index is 1010. The standard InChI is InChI=1S/C21H24FN3O.C2H2O4/c1-3-16-4-6-17(7-5-16)14-23-21-24-15-20(25(21)12-13-26-2)18-8-10-19(22)11-9-18;3-1(4)2(5)6/h4-11,15H,3,12-14H2,1-2H3,(H,23,24);(H,3,4)(H,5,6). The highest BCUT2D eigenvalue weighted by atomic mass is 19.1. The van der Waals surface area contributed by atoms with Crippen molar-refractivity contribution < 1.29 is 28.9 Å². The maximum absolute atomic E-state index is 13.2. The number of carboxylic acids is 2. The van der Waals surface area contributed by atoms with E-state index in [9.17, 15) is 4.39 Å². The first-order valence-corrected chi connectivity index (χ1v) is 9.94. The van der Waals surface area contributed by atoms with Crippen LogP contribution in [0.3, 0.4) is 0 Å². The van der Waals surface area contributed by atoms with Crippen molar-refractivity contribution in [3.8, 4) is 11.3 Å². The molecule has 0 spiro atoms. The Labute approximate surface area is 185 Å². The Morgan fingerprint density at radius 2 is 1.62 bits per heavy atom. The van der Waals surface area contributed by atoms with E-state index in [4.69, 9.17) is 24.5 Å². The lowest BCUT2D eigenvalue weighted by Gasteiger charge is -2.13. The molecule has 0 radical (unpaired) electrons. The number of halogens is 1. The van der Waals surface area contributed by atoms with Crippen molar-refractivity contribution in [2.24, 2.45) is 0 Å². The van der Waals surface area contributed by atoms with Gasteiger partial charge in [0.25, 0.3) is 0 Å². The molecule has 0 fully saturated rings. The number of carboxylic acid groups (broad SMARTS) is 2. The number of benzene rings is 2. The number of hydrogen-bond acceptors (Lipinski definition) is 5. The monoisotopic (exact) mass is 443 g/mol. The molecule has 3 aromatic rings. The molecule has 0 bridgehead atoms. The van der Waals surface area contributed by atoms with Gasteiger partial charge in [-0.15, -0.1) is 0 Å². The van der Waals surface area contributed by atoms with Gasteiger partial charge in [0, 0.05) is 25.8 Å². The summed E-state index contributed by atoms with van der Waals surface area (Å²) in [6.45, 7) is 4.08. The third kappa shape index (κ3) is 7.21. The Morgan fingerprint density at radius 1 is 1.03 bits per heavy atom. The number of anilines is 1. The molecular formula is C23H26FN3O5. The molecule has 0 saturated heterocycles. The normalized spacial score (nSPS) is 10.2. The van der Waals surface area contributed by atoms with Gasteiger partial charge in [0.15, 0.2) is 0 Å². The van der Waals surface area contributed by atoms with E-state index in [1.165, 1.54) is 23.3 Å². The van der Waals surface area contributed by atoms with Crippen LogP contribution in [-0.4, -0.2) is 45.4 Å². The van der Waals surface area contributed by atoms with Crippen molar-refractivity contribution in [2.45, 2.75) is 26.4 Å². The predicted molar refractivity (Wildman–Crippen MR) is 118 cm³/mol. The molecule has 9 heteroatoms. The average molecular weight is 443 g/mol. The van der Waals surface area contributed by atoms with E-state index in [0.717, 1.165) is 23.6 Å². The van der Waals surface area contributed by atoms with Gasteiger partial charge in [0.05, 0.1) is 18.5 Å². The van der Waals surface area contributed by atoms with Crippen LogP contribution < -0.4 is 5.32 Å². The number of aromatic nitrogens is 2. The van der Waals surface area contributed by atoms with Crippen molar-refractivity contribution in [1.82, 2.24) is 9.55 Å². The molecule has 0 atom stereocenters. The number of imidazole rings is 1. The number of nitrogens with one attached hydrogen (secondary N) is 1. The number of methoxy groups -OCH3 is 1. The number of aryl methyl sites for hydroxylation is 1. The molecule has 8 nitrogen and oxygen atoms in total. The summed E-state index contributed by atoms with van der Waals surface area (Å²) in [5.74, 6) is -3.11. The molecule has 3 N–H and O–H groups in total. The van der Waals surface area contributed by atoms with E-state index in [-0.39, 0.29) is 5.82 Å². The van der Waals surface area contributed by atoms with Gasteiger partial charge in [-0.25, -0.2) is 19.0 Å². The average Bonchev–Trinajstić information content (AvgIpc) is 3.20. The SMILES string of the molecule is CCc1ccc(CNc2ncc(-c3ccc(F)cc3)n2CCOC)cc1.O=C(O)C(=O)O. The lowest BCUT2D eigenvalue weighted by atomic mass is 10.1. The zero-order valence-corrected chi connectivity index (χ0v) is 17.9. The summed E-state index contributed by atoms with van der Waals surface area (Å²) in [7, 11) is 1.68. The van der Waals surface area contributed by atoms with Crippen LogP contribution in [0.5, 0.6) is 0 Å². The number of carbonyl (C=O) groups is 2. The molecule has 1 heterocycles. The molecule has 0 saturated carbocycles. The fourth-order valence-electron chi connectivity index (χ4n) is 2.85. The number of nitrogens with zero attached hydrogens (tertiary/aromatic N) is 2. The minimum Gasteiger partial charge on any atom is -0.473 e. The van der Waals surface area contributed by atoms with Crippen LogP contribution in [0, 0.1) is 5.82 Å². The van der Waals surface area contributed by atoms with Gasteiger partial charge in [-0.2, -0.15) is 0 Å². The molecular weight excluding hydrogens is 417 g/mol. The van der Waals surface area contributed by atoms with Gasteiger partial charge in [0.2, 0.25) is 5.95 Å². The van der Waals surface area contributed by atoms with Gasteiger partial charge in [-0.1, -0.05) is 31.2 Å². The Hall–Kier alpha value is -3.72. The molecule has 32 heavy (non-hydrogen) atoms. The van der Waals surface area contributed by atoms with Gasteiger partial charge < -0.3 is 24.8 Å². The molecule has 170 valence electrons. The minimum atomic E-state index is -1.82. The molecule has 0 aliphatic rings. The van der Waals surface area contributed by atoms with Crippen LogP contribution in [-0.2, 0) is 33.8 Å². The van der Waals surface area contributed by atoms with Gasteiger partial charge in [-0.05, 0) is 41.8 Å². The third-order valence-electron chi connectivity index (χ3n) is 4.58. The molecule has 0 amide bonds. The molecule has 0 unspecified atom stereocenters. The minimum absolute atomic E-state index is 0.245. The lowest BCUT2D eigenvalue weighted by Crippen LogP contribution is -2.11. The second-order valence-electron chi connectivity index (χ2n) is 6.75. The Balaban J connectivity index is 0.000000534. The van der Waals surface area contributed by atoms with E-state index in [0.29, 0.717) is 19.7 Å². The van der Waals surface area contributed by atoms with E-state index in [1.807, 2.05) is 6.20 Å². The summed E-state index contributed by atoms with van der Waals surface area (Å²) in [6, 6.07) is 15.0. The summed E-state index contributed by atoms with van der Waals surface area (Å²) >= 11 is 0. The van der Waals surface area contributed by atoms with Gasteiger partial charge in [0.1, 0.15) is 5.82 Å². The van der Waals surface area contributed by atoms with Crippen molar-refractivity contribution >= 4 is 17.9 Å². The van der Waals surface area contributed by atoms with Crippen LogP contribution in [0.4, 0.5) is 10.3 Å². The van der Waals surface area contributed by atoms with Crippen molar-refractivity contribution in [3.63, 3.8) is 0 Å². The van der Waals surface area contributed by atoms with Crippen LogP contribution >= 0.6 is 0 Å². The lowest BCUT2D eigenvalue weighted by molar-refractivity contribution is -0.159. The van der Waals surface area contributed by atoms with E-state index >= 15 is 0 Å². The van der Waals surface area contributed by atoms with Crippen molar-refractivity contribution in [3.05, 3.63) is 71.7 Å². The van der Waals surface area contributed by atoms with E-state index < -0.39 is 11.9 Å². The largest absolute Gasteiger partial charge is 0.473 e. The first kappa shape index (κ1) is 24.5. The van der Waals surface area contributed by atoms with Crippen LogP contribution in [0.15, 0.2) is 54.7 Å². The van der Waals surface area contributed by atoms with Gasteiger partial charge >= 0.3 is 11.9 Å². The zero-order chi connectivity index (χ0) is 23.5. The first-order chi connectivity index (χ1) is 15.3. The topological polar surface area (TPSA) is 114 Å². The van der Waals surface area contributed by atoms with Crippen molar-refractivity contribution in [2.75, 3.05) is 19.0 Å². The maximum atomic E-state index is 13.2. The molecule has 0 aliphatic carbocycles. The highest BCUT2D eigenvalue weighted by Gasteiger charge is 2.12. The number of aliphatic carboxylic acids is 2. The fraction of sp³-hybridized carbons (Fsp3) is 0.261. The first-order valence-electron chi connectivity index (χ1n) is 9.94. The predicted octanol–water partition coefficient (Wildman–Crippen LogP) is 3.67. The summed E-state index contributed by atoms with van der Waals surface area (Å²) in [6.07, 6.45) is 2.85. The molecule has 2 aromatic carbocycles. The molecule has 0 aliphatic heterocycles. The summed E-state index contributed by atoms with van der Waals surface area (Å²) in [4.78, 5) is 22.7. The third-order valence-corrected chi connectivity index (χ3v) is 4.58. The summed E-state index contributed by atoms with van der Waals surface area (Å²) in [5, 5.41) is 18.2. The quantitative estimate of drug-likeness (QED) is 0.455. The summed E-state index contributed by atoms with van der Waals surface area (Å²) < 4.78 is 20.5. The number of rotatable bonds is 8. The van der Waals surface area contributed by atoms with Crippen molar-refractivity contribution in [1.29, 1.82) is 0 Å². The van der Waals surface area contributed by atoms with E-state index in [1.54, 1.807) is 19.2 Å². The van der Waals surface area contributed by atoms with Gasteiger partial charge in [-0.3, -0.25) is 0 Å². The number of hydrogen-bond donors (Lipinski definition) is 3. The van der Waals surface area contributed by atoms with Crippen LogP contribution in [0.25, 0.3) is 11.3 Å². The zero-order valence-electron chi connectivity index (χ0n) is 17.9. The van der Waals surface area contributed by atoms with Crippen LogP contribution in [0.1, 0.15) is 18.1 Å². The van der Waals surface area contributed by atoms with Crippen LogP contribution in [0.2, 0.25) is 0 Å². The summed E-state index contributed by atoms with van der Waals surface area (Å²) in [5.41, 5.74) is 4.39.